The number of carbonyl (C=O) groups is 2. The molecule has 0 saturated heterocycles. The van der Waals surface area contributed by atoms with Crippen LogP contribution in [0, 0.1) is 0 Å². The summed E-state index contributed by atoms with van der Waals surface area (Å²) in [6.45, 7) is 0. The number of ether oxygens (including phenoxy) is 1. The van der Waals surface area contributed by atoms with Crippen molar-refractivity contribution in [1.29, 1.82) is 0 Å². The van der Waals surface area contributed by atoms with Gasteiger partial charge in [-0.1, -0.05) is 11.6 Å². The van der Waals surface area contributed by atoms with Crippen LogP contribution in [-0.4, -0.2) is 38.3 Å². The Morgan fingerprint density at radius 2 is 2.00 bits per heavy atom. The van der Waals surface area contributed by atoms with E-state index in [1.165, 1.54) is 12.1 Å². The zero-order valence-corrected chi connectivity index (χ0v) is 12.0. The Balaban J connectivity index is 2.87. The van der Waals surface area contributed by atoms with E-state index in [1.807, 2.05) is 0 Å². The highest BCUT2D eigenvalue weighted by atomic mass is 35.5. The molecule has 0 aliphatic carbocycles. The molecule has 0 unspecified atom stereocenters. The fourth-order valence-electron chi connectivity index (χ4n) is 1.32. The predicted octanol–water partition coefficient (Wildman–Crippen LogP) is 1.34. The fourth-order valence-corrected chi connectivity index (χ4v) is 2.57. The Morgan fingerprint density at radius 3 is 2.55 bits per heavy atom. The van der Waals surface area contributed by atoms with Crippen LogP contribution in [0.2, 0.25) is 5.02 Å². The summed E-state index contributed by atoms with van der Waals surface area (Å²) in [4.78, 5) is 21.7. The van der Waals surface area contributed by atoms with Crippen molar-refractivity contribution in [2.75, 3.05) is 17.6 Å². The first kappa shape index (κ1) is 16.3. The molecule has 20 heavy (non-hydrogen) atoms. The molecule has 0 aliphatic heterocycles. The quantitative estimate of drug-likeness (QED) is 0.765. The number of sulfonamides is 1. The highest BCUT2D eigenvalue weighted by molar-refractivity contribution is 7.92. The van der Waals surface area contributed by atoms with Gasteiger partial charge in [-0.05, 0) is 18.2 Å². The lowest BCUT2D eigenvalue weighted by Crippen LogP contribution is -2.19. The van der Waals surface area contributed by atoms with Gasteiger partial charge in [0.1, 0.15) is 0 Å². The number of anilines is 1. The molecule has 1 aromatic rings. The van der Waals surface area contributed by atoms with Crippen LogP contribution in [0.4, 0.5) is 5.69 Å². The maximum absolute atomic E-state index is 11.7. The first-order valence-corrected chi connectivity index (χ1v) is 7.38. The number of hydrogen-bond donors (Lipinski definition) is 2. The normalized spacial score (nSPS) is 10.9. The molecule has 0 radical (unpaired) electrons. The largest absolute Gasteiger partial charge is 0.478 e. The van der Waals surface area contributed by atoms with Crippen molar-refractivity contribution in [3.8, 4) is 0 Å². The molecule has 7 nitrogen and oxygen atoms in total. The lowest BCUT2D eigenvalue weighted by Gasteiger charge is -2.08. The number of carboxylic acids is 1. The third kappa shape index (κ3) is 5.06. The van der Waals surface area contributed by atoms with Gasteiger partial charge in [-0.3, -0.25) is 9.52 Å². The third-order valence-electron chi connectivity index (χ3n) is 2.22. The predicted molar refractivity (Wildman–Crippen MR) is 72.5 cm³/mol. The molecule has 0 heterocycles. The highest BCUT2D eigenvalue weighted by Crippen LogP contribution is 2.20. The minimum absolute atomic E-state index is 0.0137. The molecule has 0 bridgehead atoms. The number of esters is 1. The molecule has 0 spiro atoms. The summed E-state index contributed by atoms with van der Waals surface area (Å²) in [5.41, 5.74) is -0.136. The number of hydrogen-bond acceptors (Lipinski definition) is 5. The highest BCUT2D eigenvalue weighted by Gasteiger charge is 2.15. The number of aromatic carboxylic acids is 1. The molecular weight excluding hydrogens is 310 g/mol. The molecule has 1 rings (SSSR count). The Labute approximate surface area is 120 Å². The van der Waals surface area contributed by atoms with Crippen LogP contribution in [0.1, 0.15) is 16.8 Å². The second kappa shape index (κ2) is 6.58. The van der Waals surface area contributed by atoms with Gasteiger partial charge in [-0.15, -0.1) is 0 Å². The van der Waals surface area contributed by atoms with Crippen molar-refractivity contribution < 1.29 is 27.9 Å². The first-order valence-electron chi connectivity index (χ1n) is 5.34. The summed E-state index contributed by atoms with van der Waals surface area (Å²) in [6, 6.07) is 3.59. The van der Waals surface area contributed by atoms with Crippen molar-refractivity contribution in [2.24, 2.45) is 0 Å². The van der Waals surface area contributed by atoms with Gasteiger partial charge >= 0.3 is 11.9 Å². The van der Waals surface area contributed by atoms with Crippen LogP contribution in [0.15, 0.2) is 18.2 Å². The van der Waals surface area contributed by atoms with E-state index in [-0.39, 0.29) is 22.7 Å². The first-order chi connectivity index (χ1) is 9.23. The van der Waals surface area contributed by atoms with Crippen LogP contribution in [0.3, 0.4) is 0 Å². The average molecular weight is 322 g/mol. The molecular formula is C11H12ClNO6S. The summed E-state index contributed by atoms with van der Waals surface area (Å²) < 4.78 is 29.9. The van der Waals surface area contributed by atoms with Crippen LogP contribution in [-0.2, 0) is 19.6 Å². The van der Waals surface area contributed by atoms with Crippen molar-refractivity contribution >= 4 is 39.3 Å². The Bertz CT molecular complexity index is 628. The average Bonchev–Trinajstić information content (AvgIpc) is 2.34. The van der Waals surface area contributed by atoms with E-state index in [0.717, 1.165) is 13.2 Å². The van der Waals surface area contributed by atoms with E-state index in [2.05, 4.69) is 9.46 Å². The molecule has 0 saturated carbocycles. The van der Waals surface area contributed by atoms with Crippen molar-refractivity contribution in [1.82, 2.24) is 0 Å². The molecule has 0 aliphatic rings. The minimum atomic E-state index is -3.80. The topological polar surface area (TPSA) is 110 Å². The van der Waals surface area contributed by atoms with Gasteiger partial charge < -0.3 is 9.84 Å². The number of halogens is 1. The van der Waals surface area contributed by atoms with Gasteiger partial charge in [-0.2, -0.15) is 0 Å². The van der Waals surface area contributed by atoms with E-state index >= 15 is 0 Å². The van der Waals surface area contributed by atoms with E-state index in [0.29, 0.717) is 0 Å². The van der Waals surface area contributed by atoms with Gasteiger partial charge in [0.05, 0.1) is 30.5 Å². The lowest BCUT2D eigenvalue weighted by atomic mass is 10.2. The molecule has 0 aromatic heterocycles. The zero-order chi connectivity index (χ0) is 15.3. The van der Waals surface area contributed by atoms with E-state index in [9.17, 15) is 18.0 Å². The third-order valence-corrected chi connectivity index (χ3v) is 3.73. The van der Waals surface area contributed by atoms with Crippen LogP contribution >= 0.6 is 11.6 Å². The molecule has 110 valence electrons. The van der Waals surface area contributed by atoms with Crippen LogP contribution in [0.5, 0.6) is 0 Å². The van der Waals surface area contributed by atoms with Crippen molar-refractivity contribution in [2.45, 2.75) is 6.42 Å². The van der Waals surface area contributed by atoms with E-state index in [1.54, 1.807) is 0 Å². The number of methoxy groups -OCH3 is 1. The van der Waals surface area contributed by atoms with Gasteiger partial charge in [0, 0.05) is 5.02 Å². The lowest BCUT2D eigenvalue weighted by molar-refractivity contribution is -0.140. The monoisotopic (exact) mass is 321 g/mol. The number of carbonyl (C=O) groups excluding carboxylic acids is 1. The molecule has 1 aromatic carbocycles. The standard InChI is InChI=1S/C11H12ClNO6S/c1-19-10(14)2-3-20(17,18)13-9-5-7(11(15)16)4-8(12)6-9/h4-6,13H,2-3H2,1H3,(H,15,16). The second-order valence-corrected chi connectivity index (χ2v) is 6.06. The van der Waals surface area contributed by atoms with E-state index in [4.69, 9.17) is 16.7 Å². The Hall–Kier alpha value is -1.80. The number of rotatable bonds is 6. The maximum atomic E-state index is 11.7. The molecule has 9 heteroatoms. The van der Waals surface area contributed by atoms with Crippen molar-refractivity contribution in [3.05, 3.63) is 28.8 Å². The second-order valence-electron chi connectivity index (χ2n) is 3.78. The number of benzene rings is 1. The summed E-state index contributed by atoms with van der Waals surface area (Å²) in [5.74, 6) is -2.37. The summed E-state index contributed by atoms with van der Waals surface area (Å²) in [7, 11) is -2.65. The Morgan fingerprint density at radius 1 is 1.35 bits per heavy atom. The van der Waals surface area contributed by atoms with Gasteiger partial charge in [0.2, 0.25) is 10.0 Å². The summed E-state index contributed by atoms with van der Waals surface area (Å²) >= 11 is 5.70. The van der Waals surface area contributed by atoms with Crippen LogP contribution in [0.25, 0.3) is 0 Å². The number of carboxylic acid groups (broad SMARTS) is 1. The van der Waals surface area contributed by atoms with Crippen LogP contribution < -0.4 is 4.72 Å². The zero-order valence-electron chi connectivity index (χ0n) is 10.4. The van der Waals surface area contributed by atoms with Gasteiger partial charge in [-0.25, -0.2) is 13.2 Å². The number of nitrogens with one attached hydrogen (secondary N) is 1. The van der Waals surface area contributed by atoms with Crippen molar-refractivity contribution in [3.63, 3.8) is 0 Å². The molecule has 2 N–H and O–H groups in total. The van der Waals surface area contributed by atoms with Gasteiger partial charge in [0.25, 0.3) is 0 Å². The maximum Gasteiger partial charge on any atom is 0.335 e. The fraction of sp³-hybridized carbons (Fsp3) is 0.273. The minimum Gasteiger partial charge on any atom is -0.478 e. The molecule has 0 amide bonds. The SMILES string of the molecule is COC(=O)CCS(=O)(=O)Nc1cc(Cl)cc(C(=O)O)c1. The smallest absolute Gasteiger partial charge is 0.335 e. The van der Waals surface area contributed by atoms with E-state index < -0.39 is 27.7 Å². The summed E-state index contributed by atoms with van der Waals surface area (Å²) in [6.07, 6.45) is -0.307. The Kier molecular flexibility index (Phi) is 5.34. The summed E-state index contributed by atoms with van der Waals surface area (Å²) in [5, 5.41) is 8.92. The van der Waals surface area contributed by atoms with Gasteiger partial charge in [0.15, 0.2) is 0 Å². The molecule has 0 fully saturated rings. The molecule has 0 atom stereocenters.